The molecule has 1 amide bonds. The topological polar surface area (TPSA) is 51.2 Å². The highest BCUT2D eigenvalue weighted by molar-refractivity contribution is 5.92. The lowest BCUT2D eigenvalue weighted by molar-refractivity contribution is -0.115. The highest BCUT2D eigenvalue weighted by atomic mass is 16.5. The van der Waals surface area contributed by atoms with Crippen LogP contribution in [0.5, 0.6) is 5.75 Å². The smallest absolute Gasteiger partial charge is 0.228 e. The fourth-order valence-electron chi connectivity index (χ4n) is 1.74. The van der Waals surface area contributed by atoms with Crippen molar-refractivity contribution in [3.05, 3.63) is 53.9 Å². The minimum absolute atomic E-state index is 0.0544. The number of ether oxygens (including phenoxy) is 1. The number of hydrogen-bond acceptors (Lipinski definition) is 3. The molecule has 1 aromatic carbocycles. The van der Waals surface area contributed by atoms with Crippen molar-refractivity contribution in [3.63, 3.8) is 0 Å². The molecule has 2 aromatic rings. The first-order valence-electron chi connectivity index (χ1n) is 6.03. The van der Waals surface area contributed by atoms with Crippen LogP contribution in [0.4, 0.5) is 5.69 Å². The lowest BCUT2D eigenvalue weighted by atomic mass is 10.1. The number of nitrogens with zero attached hydrogens (tertiary/aromatic N) is 1. The van der Waals surface area contributed by atoms with E-state index in [1.54, 1.807) is 19.4 Å². The molecular formula is C15H16N2O2. The Balaban J connectivity index is 1.99. The predicted octanol–water partition coefficient (Wildman–Crippen LogP) is 2.58. The van der Waals surface area contributed by atoms with Crippen LogP contribution in [-0.2, 0) is 11.2 Å². The SMILES string of the molecule is COc1ccc(CC(=O)Nc2cccnc2C)cc1. The van der Waals surface area contributed by atoms with Gasteiger partial charge in [0.25, 0.3) is 0 Å². The number of methoxy groups -OCH3 is 1. The van der Waals surface area contributed by atoms with Gasteiger partial charge in [-0.3, -0.25) is 9.78 Å². The fraction of sp³-hybridized carbons (Fsp3) is 0.200. The predicted molar refractivity (Wildman–Crippen MR) is 74.3 cm³/mol. The van der Waals surface area contributed by atoms with Gasteiger partial charge in [-0.25, -0.2) is 0 Å². The van der Waals surface area contributed by atoms with Crippen LogP contribution in [0.25, 0.3) is 0 Å². The number of pyridine rings is 1. The molecule has 0 aliphatic heterocycles. The van der Waals surface area contributed by atoms with Gasteiger partial charge in [-0.05, 0) is 36.8 Å². The molecule has 0 spiro atoms. The maximum absolute atomic E-state index is 11.9. The summed E-state index contributed by atoms with van der Waals surface area (Å²) in [5.74, 6) is 0.730. The number of aromatic nitrogens is 1. The second-order valence-electron chi connectivity index (χ2n) is 4.21. The van der Waals surface area contributed by atoms with Crippen LogP contribution >= 0.6 is 0 Å². The molecule has 19 heavy (non-hydrogen) atoms. The van der Waals surface area contributed by atoms with Crippen LogP contribution in [0.2, 0.25) is 0 Å². The van der Waals surface area contributed by atoms with Crippen molar-refractivity contribution in [1.29, 1.82) is 0 Å². The molecule has 0 aliphatic rings. The van der Waals surface area contributed by atoms with Gasteiger partial charge in [-0.2, -0.15) is 0 Å². The summed E-state index contributed by atoms with van der Waals surface area (Å²) in [6.45, 7) is 1.86. The Morgan fingerprint density at radius 1 is 1.26 bits per heavy atom. The number of hydrogen-bond donors (Lipinski definition) is 1. The Morgan fingerprint density at radius 2 is 2.00 bits per heavy atom. The number of carbonyl (C=O) groups is 1. The highest BCUT2D eigenvalue weighted by Crippen LogP contribution is 2.14. The number of carbonyl (C=O) groups excluding carboxylic acids is 1. The van der Waals surface area contributed by atoms with Gasteiger partial charge in [-0.15, -0.1) is 0 Å². The largest absolute Gasteiger partial charge is 0.497 e. The number of aryl methyl sites for hydroxylation is 1. The Bertz CT molecular complexity index is 565. The number of rotatable bonds is 4. The molecule has 98 valence electrons. The third-order valence-electron chi connectivity index (χ3n) is 2.80. The zero-order valence-electron chi connectivity index (χ0n) is 11.0. The average Bonchev–Trinajstić information content (AvgIpc) is 2.42. The van der Waals surface area contributed by atoms with Crippen LogP contribution < -0.4 is 10.1 Å². The summed E-state index contributed by atoms with van der Waals surface area (Å²) in [5.41, 5.74) is 2.51. The summed E-state index contributed by atoms with van der Waals surface area (Å²) < 4.78 is 5.08. The summed E-state index contributed by atoms with van der Waals surface area (Å²) >= 11 is 0. The average molecular weight is 256 g/mol. The molecule has 0 aliphatic carbocycles. The van der Waals surface area contributed by atoms with Crippen molar-refractivity contribution < 1.29 is 9.53 Å². The molecule has 1 N–H and O–H groups in total. The second-order valence-corrected chi connectivity index (χ2v) is 4.21. The van der Waals surface area contributed by atoms with E-state index in [0.29, 0.717) is 6.42 Å². The van der Waals surface area contributed by atoms with Gasteiger partial charge in [0.2, 0.25) is 5.91 Å². The van der Waals surface area contributed by atoms with E-state index in [4.69, 9.17) is 4.74 Å². The van der Waals surface area contributed by atoms with Gasteiger partial charge in [0, 0.05) is 6.20 Å². The molecule has 1 aromatic heterocycles. The summed E-state index contributed by atoms with van der Waals surface area (Å²) in [5, 5.41) is 2.85. The molecule has 0 unspecified atom stereocenters. The number of anilines is 1. The van der Waals surface area contributed by atoms with Crippen molar-refractivity contribution in [2.45, 2.75) is 13.3 Å². The summed E-state index contributed by atoms with van der Waals surface area (Å²) in [7, 11) is 1.62. The summed E-state index contributed by atoms with van der Waals surface area (Å²) in [6, 6.07) is 11.1. The molecule has 0 radical (unpaired) electrons. The van der Waals surface area contributed by atoms with Crippen LogP contribution in [0.15, 0.2) is 42.6 Å². The maximum atomic E-state index is 11.9. The molecule has 0 bridgehead atoms. The Labute approximate surface area is 112 Å². The molecule has 4 heteroatoms. The minimum atomic E-state index is -0.0544. The van der Waals surface area contributed by atoms with E-state index in [9.17, 15) is 4.79 Å². The fourth-order valence-corrected chi connectivity index (χ4v) is 1.74. The highest BCUT2D eigenvalue weighted by Gasteiger charge is 2.06. The molecule has 0 saturated heterocycles. The molecule has 0 saturated carbocycles. The lowest BCUT2D eigenvalue weighted by Gasteiger charge is -2.07. The number of benzene rings is 1. The number of amides is 1. The van der Waals surface area contributed by atoms with Crippen molar-refractivity contribution in [2.24, 2.45) is 0 Å². The van der Waals surface area contributed by atoms with Gasteiger partial charge in [-0.1, -0.05) is 12.1 Å². The maximum Gasteiger partial charge on any atom is 0.228 e. The molecule has 0 fully saturated rings. The molecule has 0 atom stereocenters. The first-order valence-corrected chi connectivity index (χ1v) is 6.03. The van der Waals surface area contributed by atoms with Crippen molar-refractivity contribution >= 4 is 11.6 Å². The lowest BCUT2D eigenvalue weighted by Crippen LogP contribution is -2.15. The first kappa shape index (κ1) is 13.1. The number of nitrogens with one attached hydrogen (secondary N) is 1. The van der Waals surface area contributed by atoms with Gasteiger partial charge in [0.05, 0.1) is 24.9 Å². The van der Waals surface area contributed by atoms with Gasteiger partial charge in [0.1, 0.15) is 5.75 Å². The Morgan fingerprint density at radius 3 is 2.63 bits per heavy atom. The van der Waals surface area contributed by atoms with E-state index in [0.717, 1.165) is 22.7 Å². The molecule has 4 nitrogen and oxygen atoms in total. The molecule has 2 rings (SSSR count). The van der Waals surface area contributed by atoms with Crippen LogP contribution in [0, 0.1) is 6.92 Å². The van der Waals surface area contributed by atoms with Gasteiger partial charge in [0.15, 0.2) is 0 Å². The monoisotopic (exact) mass is 256 g/mol. The summed E-state index contributed by atoms with van der Waals surface area (Å²) in [6.07, 6.45) is 2.03. The van der Waals surface area contributed by atoms with Crippen LogP contribution in [0.3, 0.4) is 0 Å². The third kappa shape index (κ3) is 3.55. The standard InChI is InChI=1S/C15H16N2O2/c1-11-14(4-3-9-16-11)17-15(18)10-12-5-7-13(19-2)8-6-12/h3-9H,10H2,1-2H3,(H,17,18). The quantitative estimate of drug-likeness (QED) is 0.914. The van der Waals surface area contributed by atoms with Gasteiger partial charge < -0.3 is 10.1 Å². The van der Waals surface area contributed by atoms with Crippen LogP contribution in [0.1, 0.15) is 11.3 Å². The molecule has 1 heterocycles. The van der Waals surface area contributed by atoms with Crippen molar-refractivity contribution in [1.82, 2.24) is 4.98 Å². The Hall–Kier alpha value is -2.36. The molecular weight excluding hydrogens is 240 g/mol. The zero-order chi connectivity index (χ0) is 13.7. The van der Waals surface area contributed by atoms with Crippen molar-refractivity contribution in [2.75, 3.05) is 12.4 Å². The van der Waals surface area contributed by atoms with E-state index in [1.165, 1.54) is 0 Å². The van der Waals surface area contributed by atoms with E-state index in [2.05, 4.69) is 10.3 Å². The van der Waals surface area contributed by atoms with Gasteiger partial charge >= 0.3 is 0 Å². The van der Waals surface area contributed by atoms with E-state index < -0.39 is 0 Å². The second kappa shape index (κ2) is 6.00. The first-order chi connectivity index (χ1) is 9.19. The van der Waals surface area contributed by atoms with E-state index in [-0.39, 0.29) is 5.91 Å². The normalized spacial score (nSPS) is 10.0. The van der Waals surface area contributed by atoms with Crippen LogP contribution in [-0.4, -0.2) is 18.0 Å². The Kier molecular flexibility index (Phi) is 4.13. The van der Waals surface area contributed by atoms with E-state index >= 15 is 0 Å². The third-order valence-corrected chi connectivity index (χ3v) is 2.80. The minimum Gasteiger partial charge on any atom is -0.497 e. The summed E-state index contributed by atoms with van der Waals surface area (Å²) in [4.78, 5) is 16.0. The zero-order valence-corrected chi connectivity index (χ0v) is 11.0. The van der Waals surface area contributed by atoms with E-state index in [1.807, 2.05) is 37.3 Å². The van der Waals surface area contributed by atoms with Crippen molar-refractivity contribution in [3.8, 4) is 5.75 Å².